The highest BCUT2D eigenvalue weighted by Gasteiger charge is 2.34. The molecule has 12 heteroatoms. The van der Waals surface area contributed by atoms with Crippen LogP contribution in [0.3, 0.4) is 0 Å². The number of oxime groups is 1. The number of ether oxygens (including phenoxy) is 1. The molecule has 1 amide bonds. The maximum atomic E-state index is 12.3. The number of amides is 1. The summed E-state index contributed by atoms with van der Waals surface area (Å²) in [6, 6.07) is 4.29. The van der Waals surface area contributed by atoms with E-state index in [-0.39, 0.29) is 18.7 Å². The normalized spacial score (nSPS) is 18.0. The molecule has 8 nitrogen and oxygen atoms in total. The highest BCUT2D eigenvalue weighted by atomic mass is 32.2. The van der Waals surface area contributed by atoms with Crippen molar-refractivity contribution in [2.45, 2.75) is 23.8 Å². The van der Waals surface area contributed by atoms with Crippen LogP contribution in [0, 0.1) is 0 Å². The molecule has 132 valence electrons. The molecule has 24 heavy (non-hydrogen) atoms. The average molecular weight is 367 g/mol. The summed E-state index contributed by atoms with van der Waals surface area (Å²) < 4.78 is 67.1. The van der Waals surface area contributed by atoms with Crippen LogP contribution in [-0.4, -0.2) is 39.0 Å². The van der Waals surface area contributed by atoms with E-state index >= 15 is 0 Å². The summed E-state index contributed by atoms with van der Waals surface area (Å²) >= 11 is 0. The van der Waals surface area contributed by atoms with Crippen LogP contribution >= 0.6 is 0 Å². The van der Waals surface area contributed by atoms with E-state index in [2.05, 4.69) is 14.6 Å². The molecule has 1 atom stereocenters. The van der Waals surface area contributed by atoms with E-state index in [1.807, 2.05) is 0 Å². The number of primary amides is 1. The minimum Gasteiger partial charge on any atom is -0.404 e. The topological polar surface area (TPSA) is 120 Å². The van der Waals surface area contributed by atoms with E-state index < -0.39 is 39.0 Å². The Kier molecular flexibility index (Phi) is 4.99. The lowest BCUT2D eigenvalue weighted by Gasteiger charge is -2.15. The molecular weight excluding hydrogens is 355 g/mol. The summed E-state index contributed by atoms with van der Waals surface area (Å²) in [5, 5.41) is 3.39. The lowest BCUT2D eigenvalue weighted by molar-refractivity contribution is -0.275. The van der Waals surface area contributed by atoms with Crippen LogP contribution in [0.25, 0.3) is 0 Å². The molecule has 1 aliphatic heterocycles. The van der Waals surface area contributed by atoms with Crippen LogP contribution < -0.4 is 15.2 Å². The zero-order valence-corrected chi connectivity index (χ0v) is 12.7. The Bertz CT molecular complexity index is 763. The Hall–Kier alpha value is -2.34. The van der Waals surface area contributed by atoms with E-state index in [1.165, 1.54) is 12.1 Å². The highest BCUT2D eigenvalue weighted by molar-refractivity contribution is 7.89. The summed E-state index contributed by atoms with van der Waals surface area (Å²) in [5.74, 6) is -1.66. The predicted octanol–water partition coefficient (Wildman–Crippen LogP) is 0.494. The summed E-state index contributed by atoms with van der Waals surface area (Å²) in [6.45, 7) is -0.317. The number of alkyl halides is 3. The Morgan fingerprint density at radius 1 is 1.42 bits per heavy atom. The van der Waals surface area contributed by atoms with Gasteiger partial charge in [0.2, 0.25) is 10.0 Å². The van der Waals surface area contributed by atoms with Gasteiger partial charge in [-0.15, -0.1) is 13.2 Å². The van der Waals surface area contributed by atoms with Crippen molar-refractivity contribution in [2.75, 3.05) is 6.54 Å². The van der Waals surface area contributed by atoms with Crippen LogP contribution in [0.2, 0.25) is 0 Å². The van der Waals surface area contributed by atoms with Gasteiger partial charge in [-0.2, -0.15) is 0 Å². The zero-order valence-electron chi connectivity index (χ0n) is 11.9. The first-order valence-corrected chi connectivity index (χ1v) is 7.94. The fourth-order valence-electron chi connectivity index (χ4n) is 1.84. The Morgan fingerprint density at radius 3 is 2.67 bits per heavy atom. The predicted molar refractivity (Wildman–Crippen MR) is 74.4 cm³/mol. The fraction of sp³-hybridized carbons (Fsp3) is 0.333. The number of carbonyl (C=O) groups excluding carboxylic acids is 1. The van der Waals surface area contributed by atoms with E-state index in [0.29, 0.717) is 0 Å². The number of nitrogens with two attached hydrogens (primary N) is 1. The van der Waals surface area contributed by atoms with E-state index in [0.717, 1.165) is 12.1 Å². The molecule has 0 fully saturated rings. The molecule has 0 unspecified atom stereocenters. The number of hydrogen-bond donors (Lipinski definition) is 2. The highest BCUT2D eigenvalue weighted by Crippen LogP contribution is 2.29. The molecule has 0 spiro atoms. The standard InChI is InChI=1S/C12H12F3N3O5S/c13-12(14,15)22-9-3-1-2-4-10(9)24(20,21)17-6-7-5-8(11(16)19)18-23-7/h1-4,7,17H,5-6H2,(H2,16,19)/t7-/m0/s1. The zero-order chi connectivity index (χ0) is 18.0. The molecule has 1 aliphatic rings. The molecule has 0 saturated heterocycles. The monoisotopic (exact) mass is 367 g/mol. The first-order chi connectivity index (χ1) is 11.1. The number of nitrogens with one attached hydrogen (secondary N) is 1. The van der Waals surface area contributed by atoms with Gasteiger partial charge in [-0.3, -0.25) is 4.79 Å². The van der Waals surface area contributed by atoms with Gasteiger partial charge >= 0.3 is 6.36 Å². The number of carbonyl (C=O) groups is 1. The molecule has 0 radical (unpaired) electrons. The van der Waals surface area contributed by atoms with Gasteiger partial charge in [0.1, 0.15) is 22.5 Å². The molecule has 2 rings (SSSR count). The summed E-state index contributed by atoms with van der Waals surface area (Å²) in [4.78, 5) is 15.0. The van der Waals surface area contributed by atoms with Gasteiger partial charge in [0, 0.05) is 6.42 Å². The molecule has 1 aromatic rings. The van der Waals surface area contributed by atoms with Crippen molar-refractivity contribution >= 4 is 21.6 Å². The minimum absolute atomic E-state index is 0.0153. The molecule has 0 aromatic heterocycles. The Morgan fingerprint density at radius 2 is 2.08 bits per heavy atom. The number of hydrogen-bond acceptors (Lipinski definition) is 6. The summed E-state index contributed by atoms with van der Waals surface area (Å²) in [5.41, 5.74) is 4.94. The van der Waals surface area contributed by atoms with Gasteiger partial charge < -0.3 is 15.3 Å². The van der Waals surface area contributed by atoms with E-state index in [4.69, 9.17) is 10.6 Å². The van der Waals surface area contributed by atoms with Crippen molar-refractivity contribution in [1.29, 1.82) is 0 Å². The van der Waals surface area contributed by atoms with Crippen LogP contribution in [0.5, 0.6) is 5.75 Å². The van der Waals surface area contributed by atoms with Crippen LogP contribution in [-0.2, 0) is 19.7 Å². The first kappa shape index (κ1) is 18.0. The van der Waals surface area contributed by atoms with Gasteiger partial charge in [-0.05, 0) is 12.1 Å². The smallest absolute Gasteiger partial charge is 0.404 e. The molecule has 3 N–H and O–H groups in total. The second-order valence-corrected chi connectivity index (χ2v) is 6.42. The largest absolute Gasteiger partial charge is 0.573 e. The van der Waals surface area contributed by atoms with Crippen molar-refractivity contribution in [3.8, 4) is 5.75 Å². The van der Waals surface area contributed by atoms with Crippen LogP contribution in [0.4, 0.5) is 13.2 Å². The average Bonchev–Trinajstić information content (AvgIpc) is 2.93. The Labute approximate surface area is 134 Å². The molecule has 0 aliphatic carbocycles. The maximum Gasteiger partial charge on any atom is 0.573 e. The number of rotatable bonds is 6. The van der Waals surface area contributed by atoms with Crippen molar-refractivity contribution in [3.05, 3.63) is 24.3 Å². The fourth-order valence-corrected chi connectivity index (χ4v) is 3.04. The van der Waals surface area contributed by atoms with Gasteiger partial charge in [0.25, 0.3) is 5.91 Å². The molecular formula is C12H12F3N3O5S. The molecule has 1 heterocycles. The minimum atomic E-state index is -5.04. The number of halogens is 3. The summed E-state index contributed by atoms with van der Waals surface area (Å²) in [7, 11) is -4.31. The quantitative estimate of drug-likeness (QED) is 0.758. The van der Waals surface area contributed by atoms with E-state index in [1.54, 1.807) is 0 Å². The van der Waals surface area contributed by atoms with Gasteiger partial charge in [-0.25, -0.2) is 13.1 Å². The van der Waals surface area contributed by atoms with Crippen LogP contribution in [0.15, 0.2) is 34.3 Å². The van der Waals surface area contributed by atoms with Crippen molar-refractivity contribution in [2.24, 2.45) is 10.9 Å². The lowest BCUT2D eigenvalue weighted by atomic mass is 10.2. The number of sulfonamides is 1. The first-order valence-electron chi connectivity index (χ1n) is 6.45. The third-order valence-corrected chi connectivity index (χ3v) is 4.35. The Balaban J connectivity index is 2.08. The summed E-state index contributed by atoms with van der Waals surface area (Å²) in [6.07, 6.45) is -5.85. The van der Waals surface area contributed by atoms with Gasteiger partial charge in [-0.1, -0.05) is 17.3 Å². The molecule has 0 saturated carbocycles. The number of para-hydroxylation sites is 1. The lowest BCUT2D eigenvalue weighted by Crippen LogP contribution is -2.34. The van der Waals surface area contributed by atoms with Crippen molar-refractivity contribution in [1.82, 2.24) is 4.72 Å². The molecule has 1 aromatic carbocycles. The van der Waals surface area contributed by atoms with Gasteiger partial charge in [0.05, 0.1) is 6.54 Å². The van der Waals surface area contributed by atoms with E-state index in [9.17, 15) is 26.4 Å². The van der Waals surface area contributed by atoms with Crippen molar-refractivity contribution in [3.63, 3.8) is 0 Å². The SMILES string of the molecule is NC(=O)C1=NO[C@H](CNS(=O)(=O)c2ccccc2OC(F)(F)F)C1. The molecule has 0 bridgehead atoms. The second-order valence-electron chi connectivity index (χ2n) is 4.68. The third-order valence-electron chi connectivity index (χ3n) is 2.88. The van der Waals surface area contributed by atoms with Crippen molar-refractivity contribution < 1.29 is 36.0 Å². The van der Waals surface area contributed by atoms with Crippen LogP contribution in [0.1, 0.15) is 6.42 Å². The maximum absolute atomic E-state index is 12.3. The second kappa shape index (κ2) is 6.65. The number of benzene rings is 1. The number of nitrogens with zero attached hydrogens (tertiary/aromatic N) is 1. The van der Waals surface area contributed by atoms with Gasteiger partial charge in [0.15, 0.2) is 0 Å². The third kappa shape index (κ3) is 4.58.